The van der Waals surface area contributed by atoms with Crippen LogP contribution < -0.4 is 5.73 Å². The first kappa shape index (κ1) is 10.7. The summed E-state index contributed by atoms with van der Waals surface area (Å²) in [7, 11) is 0. The first-order chi connectivity index (χ1) is 8.27. The lowest BCUT2D eigenvalue weighted by molar-refractivity contribution is -0.159. The molecule has 90 valence electrons. The highest BCUT2D eigenvalue weighted by Gasteiger charge is 2.37. The van der Waals surface area contributed by atoms with Crippen LogP contribution in [-0.4, -0.2) is 29.0 Å². The fraction of sp³-hybridized carbons (Fsp3) is 0.500. The normalized spacial score (nSPS) is 22.7. The Balaban J connectivity index is 1.80. The second kappa shape index (κ2) is 4.09. The van der Waals surface area contributed by atoms with Crippen LogP contribution in [0.5, 0.6) is 0 Å². The van der Waals surface area contributed by atoms with Crippen LogP contribution in [0.15, 0.2) is 18.3 Å². The molecule has 2 heterocycles. The third-order valence-electron chi connectivity index (χ3n) is 3.25. The fourth-order valence-electron chi connectivity index (χ4n) is 2.35. The Kier molecular flexibility index (Phi) is 2.57. The summed E-state index contributed by atoms with van der Waals surface area (Å²) in [6.45, 7) is 1.40. The standard InChI is InChI=1S/C12H15N3O2/c13-11-14-6-3-10(15-11)9-1-4-12(5-2-9)16-7-8-17-12/h1,3,6H,2,4-5,7-8H2,(H2,13,14,15). The first-order valence-corrected chi connectivity index (χ1v) is 5.83. The van der Waals surface area contributed by atoms with Crippen molar-refractivity contribution in [2.24, 2.45) is 0 Å². The number of nitrogens with two attached hydrogens (primary N) is 1. The van der Waals surface area contributed by atoms with E-state index in [1.807, 2.05) is 6.07 Å². The van der Waals surface area contributed by atoms with E-state index >= 15 is 0 Å². The monoisotopic (exact) mass is 233 g/mol. The average Bonchev–Trinajstić information content (AvgIpc) is 2.79. The van der Waals surface area contributed by atoms with Crippen LogP contribution in [0.2, 0.25) is 0 Å². The molecule has 1 fully saturated rings. The molecular weight excluding hydrogens is 218 g/mol. The van der Waals surface area contributed by atoms with Crippen molar-refractivity contribution in [2.75, 3.05) is 18.9 Å². The molecule has 0 unspecified atom stereocenters. The van der Waals surface area contributed by atoms with Gasteiger partial charge in [0.15, 0.2) is 5.79 Å². The maximum absolute atomic E-state index is 5.67. The van der Waals surface area contributed by atoms with E-state index in [0.29, 0.717) is 19.2 Å². The number of hydrogen-bond acceptors (Lipinski definition) is 5. The second-order valence-electron chi connectivity index (χ2n) is 4.34. The highest BCUT2D eigenvalue weighted by Crippen LogP contribution is 2.37. The minimum Gasteiger partial charge on any atom is -0.368 e. The number of allylic oxidation sites excluding steroid dienone is 1. The lowest BCUT2D eigenvalue weighted by Crippen LogP contribution is -2.31. The van der Waals surface area contributed by atoms with Gasteiger partial charge in [-0.2, -0.15) is 0 Å². The van der Waals surface area contributed by atoms with Gasteiger partial charge in [0, 0.05) is 19.0 Å². The summed E-state index contributed by atoms with van der Waals surface area (Å²) in [6.07, 6.45) is 6.38. The summed E-state index contributed by atoms with van der Waals surface area (Å²) in [5, 5.41) is 0. The molecule has 5 heteroatoms. The van der Waals surface area contributed by atoms with Crippen molar-refractivity contribution in [3.8, 4) is 0 Å². The summed E-state index contributed by atoms with van der Waals surface area (Å²) < 4.78 is 11.3. The summed E-state index contributed by atoms with van der Waals surface area (Å²) in [4.78, 5) is 8.12. The summed E-state index contributed by atoms with van der Waals surface area (Å²) >= 11 is 0. The molecule has 0 bridgehead atoms. The third-order valence-corrected chi connectivity index (χ3v) is 3.25. The molecular formula is C12H15N3O2. The van der Waals surface area contributed by atoms with Crippen LogP contribution in [0.1, 0.15) is 25.0 Å². The number of anilines is 1. The zero-order valence-electron chi connectivity index (χ0n) is 9.56. The molecule has 3 rings (SSSR count). The van der Waals surface area contributed by atoms with Gasteiger partial charge < -0.3 is 15.2 Å². The summed E-state index contributed by atoms with van der Waals surface area (Å²) in [6, 6.07) is 1.89. The molecule has 0 saturated carbocycles. The zero-order valence-corrected chi connectivity index (χ0v) is 9.56. The van der Waals surface area contributed by atoms with Gasteiger partial charge >= 0.3 is 0 Å². The van der Waals surface area contributed by atoms with Crippen molar-refractivity contribution < 1.29 is 9.47 Å². The maximum Gasteiger partial charge on any atom is 0.220 e. The van der Waals surface area contributed by atoms with Gasteiger partial charge in [0.1, 0.15) is 0 Å². The van der Waals surface area contributed by atoms with E-state index < -0.39 is 0 Å². The van der Waals surface area contributed by atoms with Crippen molar-refractivity contribution in [1.29, 1.82) is 0 Å². The van der Waals surface area contributed by atoms with E-state index in [1.54, 1.807) is 6.20 Å². The summed E-state index contributed by atoms with van der Waals surface area (Å²) in [5.41, 5.74) is 7.69. The minimum absolute atomic E-state index is 0.317. The predicted molar refractivity (Wildman–Crippen MR) is 62.9 cm³/mol. The highest BCUT2D eigenvalue weighted by molar-refractivity contribution is 5.64. The molecule has 0 amide bonds. The number of rotatable bonds is 1. The van der Waals surface area contributed by atoms with Gasteiger partial charge in [-0.15, -0.1) is 0 Å². The molecule has 17 heavy (non-hydrogen) atoms. The van der Waals surface area contributed by atoms with Gasteiger partial charge in [-0.1, -0.05) is 6.08 Å². The van der Waals surface area contributed by atoms with E-state index in [1.165, 1.54) is 5.57 Å². The van der Waals surface area contributed by atoms with Gasteiger partial charge in [-0.3, -0.25) is 0 Å². The third kappa shape index (κ3) is 2.03. The quantitative estimate of drug-likeness (QED) is 0.793. The number of nitrogen functional groups attached to an aromatic ring is 1. The molecule has 0 radical (unpaired) electrons. The Labute approximate surface area is 99.7 Å². The minimum atomic E-state index is -0.373. The largest absolute Gasteiger partial charge is 0.368 e. The smallest absolute Gasteiger partial charge is 0.220 e. The zero-order chi connectivity index (χ0) is 11.7. The molecule has 2 N–H and O–H groups in total. The molecule has 2 aliphatic rings. The van der Waals surface area contributed by atoms with Gasteiger partial charge in [0.25, 0.3) is 0 Å². The average molecular weight is 233 g/mol. The Morgan fingerprint density at radius 3 is 2.76 bits per heavy atom. The van der Waals surface area contributed by atoms with E-state index in [4.69, 9.17) is 15.2 Å². The van der Waals surface area contributed by atoms with Crippen molar-refractivity contribution in [3.05, 3.63) is 24.0 Å². The van der Waals surface area contributed by atoms with Crippen LogP contribution >= 0.6 is 0 Å². The van der Waals surface area contributed by atoms with Gasteiger partial charge in [0.2, 0.25) is 5.95 Å². The SMILES string of the molecule is Nc1nccc(C2=CCC3(CC2)OCCO3)n1. The Hall–Kier alpha value is -1.46. The topological polar surface area (TPSA) is 70.3 Å². The van der Waals surface area contributed by atoms with Crippen molar-refractivity contribution in [3.63, 3.8) is 0 Å². The lowest BCUT2D eigenvalue weighted by atomic mass is 9.92. The Morgan fingerprint density at radius 2 is 2.12 bits per heavy atom. The molecule has 0 aromatic carbocycles. The number of nitrogens with zero attached hydrogens (tertiary/aromatic N) is 2. The molecule has 0 atom stereocenters. The van der Waals surface area contributed by atoms with Crippen LogP contribution in [-0.2, 0) is 9.47 Å². The number of aromatic nitrogens is 2. The van der Waals surface area contributed by atoms with E-state index in [-0.39, 0.29) is 5.79 Å². The van der Waals surface area contributed by atoms with E-state index in [2.05, 4.69) is 16.0 Å². The van der Waals surface area contributed by atoms with Crippen molar-refractivity contribution in [1.82, 2.24) is 9.97 Å². The first-order valence-electron chi connectivity index (χ1n) is 5.83. The van der Waals surface area contributed by atoms with E-state index in [0.717, 1.165) is 25.0 Å². The fourth-order valence-corrected chi connectivity index (χ4v) is 2.35. The molecule has 1 saturated heterocycles. The summed E-state index contributed by atoms with van der Waals surface area (Å²) in [5.74, 6) is -0.0562. The van der Waals surface area contributed by atoms with Crippen molar-refractivity contribution in [2.45, 2.75) is 25.0 Å². The highest BCUT2D eigenvalue weighted by atomic mass is 16.7. The lowest BCUT2D eigenvalue weighted by Gasteiger charge is -2.30. The molecule has 5 nitrogen and oxygen atoms in total. The van der Waals surface area contributed by atoms with Gasteiger partial charge in [-0.05, 0) is 18.1 Å². The van der Waals surface area contributed by atoms with Gasteiger partial charge in [0.05, 0.1) is 18.9 Å². The maximum atomic E-state index is 5.67. The Morgan fingerprint density at radius 1 is 1.29 bits per heavy atom. The Bertz CT molecular complexity index is 453. The number of hydrogen-bond donors (Lipinski definition) is 1. The second-order valence-corrected chi connectivity index (χ2v) is 4.34. The van der Waals surface area contributed by atoms with Crippen LogP contribution in [0.25, 0.3) is 5.57 Å². The van der Waals surface area contributed by atoms with Crippen LogP contribution in [0, 0.1) is 0 Å². The molecule has 1 aliphatic heterocycles. The van der Waals surface area contributed by atoms with E-state index in [9.17, 15) is 0 Å². The van der Waals surface area contributed by atoms with Crippen molar-refractivity contribution >= 4 is 11.5 Å². The van der Waals surface area contributed by atoms with Crippen LogP contribution in [0.3, 0.4) is 0 Å². The van der Waals surface area contributed by atoms with Crippen LogP contribution in [0.4, 0.5) is 5.95 Å². The molecule has 1 aromatic rings. The predicted octanol–water partition coefficient (Wildman–Crippen LogP) is 1.37. The number of ether oxygens (including phenoxy) is 2. The molecule has 1 aromatic heterocycles. The molecule has 1 spiro atoms. The molecule has 1 aliphatic carbocycles. The van der Waals surface area contributed by atoms with Gasteiger partial charge in [-0.25, -0.2) is 9.97 Å².